The highest BCUT2D eigenvalue weighted by molar-refractivity contribution is 6.12. The highest BCUT2D eigenvalue weighted by Gasteiger charge is 2.23. The lowest BCUT2D eigenvalue weighted by molar-refractivity contribution is -0.134. The number of piperazine rings is 1. The van der Waals surface area contributed by atoms with Crippen molar-refractivity contribution in [2.24, 2.45) is 5.92 Å². The molecule has 3 aromatic rings. The molecule has 5 nitrogen and oxygen atoms in total. The van der Waals surface area contributed by atoms with E-state index in [0.29, 0.717) is 5.56 Å². The summed E-state index contributed by atoms with van der Waals surface area (Å²) in [6, 6.07) is 21.6. The zero-order valence-corrected chi connectivity index (χ0v) is 17.5. The van der Waals surface area contributed by atoms with E-state index in [9.17, 15) is 9.59 Å². The molecule has 0 unspecified atom stereocenters. The molecule has 0 spiro atoms. The number of carbonyl (C=O) groups is 2. The number of hydrogen-bond donors (Lipinski definition) is 1. The number of benzene rings is 3. The monoisotopic (exact) mass is 401 g/mol. The van der Waals surface area contributed by atoms with E-state index in [-0.39, 0.29) is 17.7 Å². The highest BCUT2D eigenvalue weighted by atomic mass is 16.2. The van der Waals surface area contributed by atoms with Crippen molar-refractivity contribution in [1.29, 1.82) is 0 Å². The third-order valence-electron chi connectivity index (χ3n) is 5.61. The van der Waals surface area contributed by atoms with Gasteiger partial charge in [-0.1, -0.05) is 50.2 Å². The zero-order valence-electron chi connectivity index (χ0n) is 17.5. The van der Waals surface area contributed by atoms with Gasteiger partial charge in [-0.3, -0.25) is 9.59 Å². The molecule has 0 aromatic heterocycles. The first-order valence-corrected chi connectivity index (χ1v) is 10.5. The standard InChI is InChI=1S/C25H27N3O2/c1-18(2)25(30)28-16-14-27(15-17-28)21-12-10-20(11-13-21)26-24(29)23-9-5-7-19-6-3-4-8-22(19)23/h3-13,18H,14-17H2,1-2H3,(H,26,29). The van der Waals surface area contributed by atoms with Crippen LogP contribution in [0.4, 0.5) is 11.4 Å². The lowest BCUT2D eigenvalue weighted by atomic mass is 10.0. The minimum atomic E-state index is -0.111. The lowest BCUT2D eigenvalue weighted by Crippen LogP contribution is -2.49. The summed E-state index contributed by atoms with van der Waals surface area (Å²) in [4.78, 5) is 29.2. The number of hydrogen-bond acceptors (Lipinski definition) is 3. The topological polar surface area (TPSA) is 52.7 Å². The summed E-state index contributed by atoms with van der Waals surface area (Å²) in [5.74, 6) is 0.155. The Morgan fingerprint density at radius 1 is 0.833 bits per heavy atom. The molecule has 154 valence electrons. The van der Waals surface area contributed by atoms with E-state index in [2.05, 4.69) is 10.2 Å². The van der Waals surface area contributed by atoms with Gasteiger partial charge in [0.2, 0.25) is 5.91 Å². The first-order chi connectivity index (χ1) is 14.5. The maximum Gasteiger partial charge on any atom is 0.256 e. The number of anilines is 2. The van der Waals surface area contributed by atoms with Gasteiger partial charge in [0.25, 0.3) is 5.91 Å². The van der Waals surface area contributed by atoms with Gasteiger partial charge >= 0.3 is 0 Å². The maximum absolute atomic E-state index is 12.8. The molecule has 1 saturated heterocycles. The molecule has 4 rings (SSSR count). The zero-order chi connectivity index (χ0) is 21.1. The van der Waals surface area contributed by atoms with Gasteiger partial charge in [-0.15, -0.1) is 0 Å². The Kier molecular flexibility index (Phi) is 5.70. The molecule has 1 heterocycles. The molecule has 2 amide bonds. The molecule has 3 aromatic carbocycles. The van der Waals surface area contributed by atoms with Crippen LogP contribution in [0, 0.1) is 5.92 Å². The van der Waals surface area contributed by atoms with Gasteiger partial charge in [0, 0.05) is 49.0 Å². The summed E-state index contributed by atoms with van der Waals surface area (Å²) in [6.07, 6.45) is 0. The quantitative estimate of drug-likeness (QED) is 0.705. The third-order valence-corrected chi connectivity index (χ3v) is 5.61. The van der Waals surface area contributed by atoms with Gasteiger partial charge in [-0.05, 0) is 41.1 Å². The molecule has 30 heavy (non-hydrogen) atoms. The Morgan fingerprint density at radius 3 is 2.20 bits per heavy atom. The van der Waals surface area contributed by atoms with E-state index >= 15 is 0 Å². The van der Waals surface area contributed by atoms with Gasteiger partial charge in [0.05, 0.1) is 0 Å². The number of amides is 2. The van der Waals surface area contributed by atoms with Crippen molar-refractivity contribution < 1.29 is 9.59 Å². The summed E-state index contributed by atoms with van der Waals surface area (Å²) in [5.41, 5.74) is 2.54. The molecular weight excluding hydrogens is 374 g/mol. The molecule has 1 fully saturated rings. The normalized spacial score (nSPS) is 14.2. The lowest BCUT2D eigenvalue weighted by Gasteiger charge is -2.37. The first-order valence-electron chi connectivity index (χ1n) is 10.5. The molecule has 0 radical (unpaired) electrons. The second-order valence-electron chi connectivity index (χ2n) is 7.99. The Balaban J connectivity index is 1.41. The summed E-state index contributed by atoms with van der Waals surface area (Å²) in [5, 5.41) is 5.00. The maximum atomic E-state index is 12.8. The van der Waals surface area contributed by atoms with Crippen molar-refractivity contribution in [3.63, 3.8) is 0 Å². The molecule has 1 aliphatic rings. The molecular formula is C25H27N3O2. The number of fused-ring (bicyclic) bond motifs is 1. The molecule has 0 aliphatic carbocycles. The third kappa shape index (κ3) is 4.15. The molecule has 0 atom stereocenters. The van der Waals surface area contributed by atoms with Crippen molar-refractivity contribution in [2.75, 3.05) is 36.4 Å². The van der Waals surface area contributed by atoms with Crippen LogP contribution in [0.1, 0.15) is 24.2 Å². The van der Waals surface area contributed by atoms with Crippen LogP contribution in [0.25, 0.3) is 10.8 Å². The number of rotatable bonds is 4. The van der Waals surface area contributed by atoms with Gasteiger partial charge < -0.3 is 15.1 Å². The first kappa shape index (κ1) is 20.0. The van der Waals surface area contributed by atoms with Crippen molar-refractivity contribution >= 4 is 34.0 Å². The molecule has 0 saturated carbocycles. The molecule has 0 bridgehead atoms. The van der Waals surface area contributed by atoms with E-state index in [1.165, 1.54) is 0 Å². The Hall–Kier alpha value is -3.34. The minimum absolute atomic E-state index is 0.0428. The summed E-state index contributed by atoms with van der Waals surface area (Å²) in [7, 11) is 0. The van der Waals surface area contributed by atoms with Gasteiger partial charge in [-0.25, -0.2) is 0 Å². The second kappa shape index (κ2) is 8.57. The van der Waals surface area contributed by atoms with E-state index < -0.39 is 0 Å². The average molecular weight is 402 g/mol. The SMILES string of the molecule is CC(C)C(=O)N1CCN(c2ccc(NC(=O)c3cccc4ccccc34)cc2)CC1. The van der Waals surface area contributed by atoms with E-state index in [1.807, 2.05) is 85.5 Å². The van der Waals surface area contributed by atoms with Gasteiger partial charge in [0.15, 0.2) is 0 Å². The van der Waals surface area contributed by atoms with Crippen molar-refractivity contribution in [2.45, 2.75) is 13.8 Å². The van der Waals surface area contributed by atoms with Crippen LogP contribution in [0.3, 0.4) is 0 Å². The summed E-state index contributed by atoms with van der Waals surface area (Å²) >= 11 is 0. The fourth-order valence-electron chi connectivity index (χ4n) is 3.93. The van der Waals surface area contributed by atoms with E-state index in [1.54, 1.807) is 0 Å². The Bertz CT molecular complexity index is 1050. The predicted octanol–water partition coefficient (Wildman–Crippen LogP) is 4.40. The van der Waals surface area contributed by atoms with Crippen molar-refractivity contribution in [3.05, 3.63) is 72.3 Å². The average Bonchev–Trinajstić information content (AvgIpc) is 2.78. The number of carbonyl (C=O) groups excluding carboxylic acids is 2. The van der Waals surface area contributed by atoms with Gasteiger partial charge in [-0.2, -0.15) is 0 Å². The fourth-order valence-corrected chi connectivity index (χ4v) is 3.93. The number of nitrogens with one attached hydrogen (secondary N) is 1. The molecule has 1 N–H and O–H groups in total. The predicted molar refractivity (Wildman–Crippen MR) is 122 cm³/mol. The van der Waals surface area contributed by atoms with E-state index in [4.69, 9.17) is 0 Å². The van der Waals surface area contributed by atoms with Crippen molar-refractivity contribution in [1.82, 2.24) is 4.90 Å². The van der Waals surface area contributed by atoms with E-state index in [0.717, 1.165) is 48.3 Å². The van der Waals surface area contributed by atoms with Crippen LogP contribution in [0.5, 0.6) is 0 Å². The van der Waals surface area contributed by atoms with Crippen LogP contribution < -0.4 is 10.2 Å². The van der Waals surface area contributed by atoms with Crippen molar-refractivity contribution in [3.8, 4) is 0 Å². The van der Waals surface area contributed by atoms with Crippen LogP contribution >= 0.6 is 0 Å². The highest BCUT2D eigenvalue weighted by Crippen LogP contribution is 2.22. The molecule has 1 aliphatic heterocycles. The van der Waals surface area contributed by atoms with Crippen LogP contribution in [-0.2, 0) is 4.79 Å². The van der Waals surface area contributed by atoms with Crippen LogP contribution in [0.2, 0.25) is 0 Å². The number of nitrogens with zero attached hydrogens (tertiary/aromatic N) is 2. The second-order valence-corrected chi connectivity index (χ2v) is 7.99. The minimum Gasteiger partial charge on any atom is -0.368 e. The Labute approximate surface area is 177 Å². The van der Waals surface area contributed by atoms with Gasteiger partial charge in [0.1, 0.15) is 0 Å². The Morgan fingerprint density at radius 2 is 1.50 bits per heavy atom. The summed E-state index contributed by atoms with van der Waals surface area (Å²) < 4.78 is 0. The fraction of sp³-hybridized carbons (Fsp3) is 0.280. The summed E-state index contributed by atoms with van der Waals surface area (Å²) in [6.45, 7) is 7.02. The smallest absolute Gasteiger partial charge is 0.256 e. The molecule has 5 heteroatoms. The largest absolute Gasteiger partial charge is 0.368 e. The van der Waals surface area contributed by atoms with Crippen LogP contribution in [0.15, 0.2) is 66.7 Å². The van der Waals surface area contributed by atoms with Crippen LogP contribution in [-0.4, -0.2) is 42.9 Å².